The zero-order valence-corrected chi connectivity index (χ0v) is 32.2. The van der Waals surface area contributed by atoms with Gasteiger partial charge in [-0.3, -0.25) is 9.59 Å². The van der Waals surface area contributed by atoms with Crippen LogP contribution in [-0.4, -0.2) is 97.7 Å². The van der Waals surface area contributed by atoms with E-state index in [1.807, 2.05) is 60.7 Å². The van der Waals surface area contributed by atoms with Gasteiger partial charge in [0.1, 0.15) is 11.5 Å². The number of morpholine rings is 2. The van der Waals surface area contributed by atoms with Crippen molar-refractivity contribution in [1.82, 2.24) is 19.1 Å². The Bertz CT molecular complexity index is 2160. The van der Waals surface area contributed by atoms with Gasteiger partial charge in [0.25, 0.3) is 0 Å². The highest BCUT2D eigenvalue weighted by Crippen LogP contribution is 2.29. The maximum atomic E-state index is 12.9. The molecule has 14 nitrogen and oxygen atoms in total. The van der Waals surface area contributed by atoms with Crippen LogP contribution in [0.2, 0.25) is 0 Å². The van der Waals surface area contributed by atoms with Crippen molar-refractivity contribution in [1.29, 1.82) is 0 Å². The van der Waals surface area contributed by atoms with Crippen LogP contribution in [0.5, 0.6) is 12.0 Å². The lowest BCUT2D eigenvalue weighted by Gasteiger charge is -2.28. The molecule has 0 spiro atoms. The number of nitrogens with zero attached hydrogens (tertiary/aromatic N) is 6. The minimum absolute atomic E-state index is 0.00192. The molecule has 14 heteroatoms. The minimum Gasteiger partial charge on any atom is -0.469 e. The van der Waals surface area contributed by atoms with E-state index in [4.69, 9.17) is 27.8 Å². The molecule has 8 rings (SSSR count). The number of furan rings is 2. The Balaban J connectivity index is 0.000000172. The first-order valence-corrected chi connectivity index (χ1v) is 19.4. The van der Waals surface area contributed by atoms with Gasteiger partial charge in [0.2, 0.25) is 11.8 Å². The Morgan fingerprint density at radius 2 is 1.11 bits per heavy atom. The van der Waals surface area contributed by atoms with Gasteiger partial charge in [-0.15, -0.1) is 0 Å². The predicted molar refractivity (Wildman–Crippen MR) is 212 cm³/mol. The van der Waals surface area contributed by atoms with E-state index < -0.39 is 0 Å². The molecule has 2 fully saturated rings. The van der Waals surface area contributed by atoms with Gasteiger partial charge in [-0.1, -0.05) is 0 Å². The number of ether oxygens (including phenoxy) is 4. The predicted octanol–water partition coefficient (Wildman–Crippen LogP) is 7.06. The molecular weight excluding hydrogens is 716 g/mol. The molecule has 0 atom stereocenters. The number of methoxy groups -OCH3 is 2. The van der Waals surface area contributed by atoms with Crippen molar-refractivity contribution in [3.05, 3.63) is 84.7 Å². The van der Waals surface area contributed by atoms with E-state index in [1.165, 1.54) is 0 Å². The topological polar surface area (TPSA) is 139 Å². The zero-order valence-electron chi connectivity index (χ0n) is 32.2. The summed E-state index contributed by atoms with van der Waals surface area (Å²) < 4.78 is 35.5. The number of carbonyl (C=O) groups is 2. The number of carbonyl (C=O) groups excluding carboxylic acids is 2. The molecule has 0 amide bonds. The average Bonchev–Trinajstić information content (AvgIpc) is 4.08. The number of aryl methyl sites for hydroxylation is 2. The number of hydrogen-bond acceptors (Lipinski definition) is 12. The Morgan fingerprint density at radius 3 is 1.62 bits per heavy atom. The Morgan fingerprint density at radius 1 is 0.607 bits per heavy atom. The summed E-state index contributed by atoms with van der Waals surface area (Å²) in [6.45, 7) is 6.30. The third kappa shape index (κ3) is 9.25. The highest BCUT2D eigenvalue weighted by molar-refractivity contribution is 5.94. The lowest BCUT2D eigenvalue weighted by molar-refractivity contribution is 0.0884. The van der Waals surface area contributed by atoms with E-state index in [1.54, 1.807) is 35.9 Å². The SMILES string of the molecule is COc1nc2cc(N3CCOCC3)ccc2n1C(=O)CCCCc1ccco1.COc1nc2ccc(N3CCOCC3)cc2n1C(=O)CCCCc1ccco1. The van der Waals surface area contributed by atoms with Gasteiger partial charge in [-0.05, 0) is 86.3 Å². The summed E-state index contributed by atoms with van der Waals surface area (Å²) in [5.41, 5.74) is 5.27. The molecule has 2 aliphatic rings. The summed E-state index contributed by atoms with van der Waals surface area (Å²) in [5, 5.41) is 0. The molecule has 6 aromatic rings. The quantitative estimate of drug-likeness (QED) is 0.105. The largest absolute Gasteiger partial charge is 0.469 e. The fourth-order valence-electron chi connectivity index (χ4n) is 7.16. The first-order valence-electron chi connectivity index (χ1n) is 19.4. The van der Waals surface area contributed by atoms with E-state index in [9.17, 15) is 9.59 Å². The molecule has 0 N–H and O–H groups in total. The summed E-state index contributed by atoms with van der Waals surface area (Å²) in [7, 11) is 3.09. The lowest BCUT2D eigenvalue weighted by atomic mass is 10.1. The normalized spacial score (nSPS) is 14.5. The Kier molecular flexibility index (Phi) is 13.0. The maximum absolute atomic E-state index is 12.9. The van der Waals surface area contributed by atoms with Crippen molar-refractivity contribution >= 4 is 45.3 Å². The average molecular weight is 767 g/mol. The standard InChI is InChI=1S/2C21H25N3O4/c1-26-21-22-18-15-16(23-10-13-27-14-11-23)8-9-19(18)24(21)20(25)7-3-2-5-17-6-4-12-28-17;1-26-21-22-18-9-8-16(23-10-13-27-14-11-23)15-19(18)24(21)20(25)7-3-2-5-17-6-4-12-28-17/h2*4,6,8-9,12,15H,2-3,5,7,10-11,13-14H2,1H3. The fraction of sp³-hybridized carbons (Fsp3) is 0.429. The number of hydrogen-bond donors (Lipinski definition) is 0. The highest BCUT2D eigenvalue weighted by atomic mass is 16.5. The van der Waals surface area contributed by atoms with Gasteiger partial charge >= 0.3 is 12.0 Å². The molecule has 0 saturated carbocycles. The van der Waals surface area contributed by atoms with Crippen LogP contribution in [0.4, 0.5) is 11.4 Å². The van der Waals surface area contributed by atoms with Crippen molar-refractivity contribution in [2.75, 3.05) is 76.6 Å². The second-order valence-electron chi connectivity index (χ2n) is 13.8. The summed E-state index contributed by atoms with van der Waals surface area (Å²) in [6.07, 6.45) is 9.26. The van der Waals surface area contributed by atoms with Crippen molar-refractivity contribution in [2.24, 2.45) is 0 Å². The smallest absolute Gasteiger partial charge is 0.304 e. The van der Waals surface area contributed by atoms with Crippen LogP contribution in [0, 0.1) is 0 Å². The molecule has 6 heterocycles. The third-order valence-corrected chi connectivity index (χ3v) is 10.1. The van der Waals surface area contributed by atoms with Gasteiger partial charge in [0.05, 0.1) is 75.2 Å². The second kappa shape index (κ2) is 18.8. The summed E-state index contributed by atoms with van der Waals surface area (Å²) in [4.78, 5) is 39.3. The summed E-state index contributed by atoms with van der Waals surface area (Å²) >= 11 is 0. The van der Waals surface area contributed by atoms with Gasteiger partial charge < -0.3 is 37.6 Å². The van der Waals surface area contributed by atoms with Crippen LogP contribution >= 0.6 is 0 Å². The number of aromatic nitrogens is 4. The van der Waals surface area contributed by atoms with Gasteiger partial charge in [-0.25, -0.2) is 9.13 Å². The molecule has 2 saturated heterocycles. The molecule has 2 aliphatic heterocycles. The molecule has 0 radical (unpaired) electrons. The fourth-order valence-corrected chi connectivity index (χ4v) is 7.16. The van der Waals surface area contributed by atoms with Crippen molar-refractivity contribution < 1.29 is 37.4 Å². The van der Waals surface area contributed by atoms with Crippen LogP contribution in [-0.2, 0) is 22.3 Å². The molecule has 56 heavy (non-hydrogen) atoms. The van der Waals surface area contributed by atoms with Crippen LogP contribution in [0.15, 0.2) is 82.0 Å². The van der Waals surface area contributed by atoms with E-state index in [0.717, 1.165) is 136 Å². The highest BCUT2D eigenvalue weighted by Gasteiger charge is 2.21. The molecule has 0 bridgehead atoms. The van der Waals surface area contributed by atoms with E-state index in [-0.39, 0.29) is 11.8 Å². The van der Waals surface area contributed by atoms with Crippen LogP contribution in [0.1, 0.15) is 59.6 Å². The number of anilines is 2. The molecule has 2 aromatic carbocycles. The molecule has 0 aliphatic carbocycles. The number of unbranched alkanes of at least 4 members (excludes halogenated alkanes) is 2. The molecule has 0 unspecified atom stereocenters. The van der Waals surface area contributed by atoms with Crippen LogP contribution < -0.4 is 19.3 Å². The lowest BCUT2D eigenvalue weighted by Crippen LogP contribution is -2.36. The molecule has 296 valence electrons. The van der Waals surface area contributed by atoms with Crippen LogP contribution in [0.25, 0.3) is 22.1 Å². The van der Waals surface area contributed by atoms with E-state index in [0.29, 0.717) is 24.9 Å². The van der Waals surface area contributed by atoms with Crippen molar-refractivity contribution in [3.8, 4) is 12.0 Å². The molecular formula is C42H50N6O8. The van der Waals surface area contributed by atoms with Crippen molar-refractivity contribution in [2.45, 2.75) is 51.4 Å². The van der Waals surface area contributed by atoms with Gasteiger partial charge in [-0.2, -0.15) is 9.97 Å². The van der Waals surface area contributed by atoms with E-state index in [2.05, 4.69) is 19.8 Å². The Hall–Kier alpha value is -5.60. The number of rotatable bonds is 14. The summed E-state index contributed by atoms with van der Waals surface area (Å²) in [6, 6.07) is 20.4. The molecule has 4 aromatic heterocycles. The third-order valence-electron chi connectivity index (χ3n) is 10.1. The number of fused-ring (bicyclic) bond motifs is 2. The Labute approximate surface area is 325 Å². The van der Waals surface area contributed by atoms with Crippen molar-refractivity contribution in [3.63, 3.8) is 0 Å². The monoisotopic (exact) mass is 766 g/mol. The zero-order chi connectivity index (χ0) is 38.7. The maximum Gasteiger partial charge on any atom is 0.304 e. The first-order chi connectivity index (χ1) is 27.5. The first kappa shape index (κ1) is 38.7. The van der Waals surface area contributed by atoms with Gasteiger partial charge in [0.15, 0.2) is 0 Å². The van der Waals surface area contributed by atoms with E-state index >= 15 is 0 Å². The second-order valence-corrected chi connectivity index (χ2v) is 13.8. The summed E-state index contributed by atoms with van der Waals surface area (Å²) in [5.74, 6) is 1.90. The number of imidazole rings is 2. The van der Waals surface area contributed by atoms with Gasteiger partial charge in [0, 0.05) is 63.2 Å². The minimum atomic E-state index is -0.00193. The number of benzene rings is 2. The van der Waals surface area contributed by atoms with Crippen LogP contribution in [0.3, 0.4) is 0 Å².